The number of fused-ring (bicyclic) bond motifs is 1. The van der Waals surface area contributed by atoms with Crippen molar-refractivity contribution in [1.29, 1.82) is 0 Å². The molecule has 3 aliphatic rings. The normalized spacial score (nSPS) is 25.5. The minimum absolute atomic E-state index is 0.0808. The zero-order valence-corrected chi connectivity index (χ0v) is 19.7. The van der Waals surface area contributed by atoms with Crippen molar-refractivity contribution in [1.82, 2.24) is 14.5 Å². The topological polar surface area (TPSA) is 93.3 Å². The van der Waals surface area contributed by atoms with Crippen LogP contribution in [0, 0.1) is 5.92 Å². The number of rotatable bonds is 6. The molecule has 3 N–H and O–H groups in total. The van der Waals surface area contributed by atoms with Crippen LogP contribution in [0.5, 0.6) is 0 Å². The number of ether oxygens (including phenoxy) is 1. The summed E-state index contributed by atoms with van der Waals surface area (Å²) in [6, 6.07) is -3.83. The van der Waals surface area contributed by atoms with Gasteiger partial charge in [0.2, 0.25) is 0 Å². The maximum Gasteiger partial charge on any atom is 0.421 e. The quantitative estimate of drug-likeness (QED) is 0.405. The van der Waals surface area contributed by atoms with Crippen LogP contribution in [0.15, 0.2) is 21.2 Å². The fraction of sp³-hybridized carbons (Fsp3) is 0.636. The summed E-state index contributed by atoms with van der Waals surface area (Å²) in [5.41, 5.74) is -0.430. The van der Waals surface area contributed by atoms with E-state index in [0.29, 0.717) is 12.8 Å². The molecule has 2 fully saturated rings. The molecule has 0 bridgehead atoms. The third-order valence-corrected chi connectivity index (χ3v) is 7.04. The maximum absolute atomic E-state index is 15.8. The fourth-order valence-corrected chi connectivity index (χ4v) is 5.18. The summed E-state index contributed by atoms with van der Waals surface area (Å²) in [5, 5.41) is -1.05. The van der Waals surface area contributed by atoms with Crippen LogP contribution in [0.3, 0.4) is 0 Å². The Morgan fingerprint density at radius 2 is 1.71 bits per heavy atom. The van der Waals surface area contributed by atoms with Crippen LogP contribution in [0.2, 0.25) is 0 Å². The Hall–Kier alpha value is -2.75. The van der Waals surface area contributed by atoms with Crippen LogP contribution in [-0.4, -0.2) is 71.7 Å². The molecule has 1 aliphatic heterocycles. The van der Waals surface area contributed by atoms with Gasteiger partial charge in [-0.05, 0) is 31.7 Å². The van der Waals surface area contributed by atoms with Crippen molar-refractivity contribution in [2.24, 2.45) is 11.7 Å². The number of aromatic amines is 1. The van der Waals surface area contributed by atoms with Gasteiger partial charge < -0.3 is 10.5 Å². The summed E-state index contributed by atoms with van der Waals surface area (Å²) in [6.45, 7) is -0.498. The highest BCUT2D eigenvalue weighted by atomic mass is 19.4. The van der Waals surface area contributed by atoms with E-state index in [0.717, 1.165) is 11.7 Å². The minimum atomic E-state index is -5.72. The number of likely N-dealkylation sites (tertiary alicyclic amines) is 1. The number of halogens is 9. The standard InChI is InChI=1S/C22H23F9N4O3/c1-38-17-15-13(19(36)33-20(37)35(15)9-2-3-9)12(18(24)25)14(23)16(17)34-5-4-8(7-34)10(32)6-11(21(26,27)28)22(29,30)31/h6,8-10,14,16,18H,2-5,7,32H2,1H3,(H,33,36,37). The predicted octanol–water partition coefficient (Wildman–Crippen LogP) is 1.46. The summed E-state index contributed by atoms with van der Waals surface area (Å²) >= 11 is 0. The second-order valence-corrected chi connectivity index (χ2v) is 9.45. The Bertz CT molecular complexity index is 1340. The Morgan fingerprint density at radius 1 is 1.11 bits per heavy atom. The number of alkyl halides is 9. The first-order valence-corrected chi connectivity index (χ1v) is 11.5. The summed E-state index contributed by atoms with van der Waals surface area (Å²) in [5.74, 6) is -1.34. The number of methoxy groups -OCH3 is 1. The molecular weight excluding hydrogens is 539 g/mol. The first kappa shape index (κ1) is 28.3. The SMILES string of the molecule is COC1=c2c(c(=O)[nH]c(=O)n2C2CC2)=C(C(F)F)C(F)C1N1CCC(C(N)C=C(C(F)(F)F)C(F)(F)F)C1. The van der Waals surface area contributed by atoms with Crippen molar-refractivity contribution < 1.29 is 44.3 Å². The van der Waals surface area contributed by atoms with E-state index in [1.54, 1.807) is 0 Å². The third kappa shape index (κ3) is 4.99. The number of allylic oxidation sites excluding steroid dienone is 1. The van der Waals surface area contributed by atoms with Gasteiger partial charge in [-0.15, -0.1) is 0 Å². The highest BCUT2D eigenvalue weighted by Gasteiger charge is 2.52. The highest BCUT2D eigenvalue weighted by Crippen LogP contribution is 2.40. The molecule has 16 heteroatoms. The lowest BCUT2D eigenvalue weighted by Crippen LogP contribution is -2.63. The van der Waals surface area contributed by atoms with Crippen LogP contribution in [0.1, 0.15) is 25.3 Å². The van der Waals surface area contributed by atoms with Gasteiger partial charge in [0.15, 0.2) is 6.17 Å². The van der Waals surface area contributed by atoms with Gasteiger partial charge in [0.05, 0.1) is 17.7 Å². The Morgan fingerprint density at radius 3 is 2.21 bits per heavy atom. The Kier molecular flexibility index (Phi) is 7.27. The van der Waals surface area contributed by atoms with Crippen molar-refractivity contribution in [3.05, 3.63) is 43.1 Å². The average molecular weight is 562 g/mol. The zero-order chi connectivity index (χ0) is 28.3. The van der Waals surface area contributed by atoms with Gasteiger partial charge in [0, 0.05) is 24.2 Å². The fourth-order valence-electron chi connectivity index (χ4n) is 5.18. The highest BCUT2D eigenvalue weighted by molar-refractivity contribution is 5.63. The van der Waals surface area contributed by atoms with Gasteiger partial charge in [-0.25, -0.2) is 18.0 Å². The molecule has 4 unspecified atom stereocenters. The van der Waals surface area contributed by atoms with Crippen LogP contribution in [0.4, 0.5) is 39.5 Å². The number of nitrogens with two attached hydrogens (primary N) is 1. The monoisotopic (exact) mass is 562 g/mol. The third-order valence-electron chi connectivity index (χ3n) is 7.04. The molecule has 4 rings (SSSR count). The Labute approximate surface area is 208 Å². The molecule has 0 aromatic carbocycles. The van der Waals surface area contributed by atoms with E-state index in [9.17, 15) is 44.7 Å². The largest absolute Gasteiger partial charge is 0.497 e. The van der Waals surface area contributed by atoms with Gasteiger partial charge >= 0.3 is 18.0 Å². The first-order chi connectivity index (χ1) is 17.6. The van der Waals surface area contributed by atoms with Crippen molar-refractivity contribution in [3.8, 4) is 0 Å². The number of hydrogen-bond donors (Lipinski definition) is 2. The van der Waals surface area contributed by atoms with Crippen molar-refractivity contribution >= 4 is 11.3 Å². The van der Waals surface area contributed by atoms with E-state index in [4.69, 9.17) is 10.5 Å². The van der Waals surface area contributed by atoms with Crippen molar-refractivity contribution in [2.45, 2.75) is 62.3 Å². The average Bonchev–Trinajstić information content (AvgIpc) is 3.50. The summed E-state index contributed by atoms with van der Waals surface area (Å²) < 4.78 is 128. The number of aromatic nitrogens is 2. The van der Waals surface area contributed by atoms with E-state index in [1.165, 1.54) is 4.90 Å². The van der Waals surface area contributed by atoms with Gasteiger partial charge in [-0.3, -0.25) is 19.2 Å². The molecule has 0 radical (unpaired) electrons. The number of nitrogens with zero attached hydrogens (tertiary/aromatic N) is 2. The van der Waals surface area contributed by atoms with Crippen LogP contribution < -0.4 is 27.6 Å². The lowest BCUT2D eigenvalue weighted by atomic mass is 9.93. The van der Waals surface area contributed by atoms with Crippen molar-refractivity contribution in [2.75, 3.05) is 20.2 Å². The van der Waals surface area contributed by atoms with E-state index < -0.39 is 76.6 Å². The number of hydrogen-bond acceptors (Lipinski definition) is 5. The van der Waals surface area contributed by atoms with E-state index >= 15 is 4.39 Å². The van der Waals surface area contributed by atoms with Crippen molar-refractivity contribution in [3.63, 3.8) is 0 Å². The van der Waals surface area contributed by atoms with Crippen LogP contribution in [0.25, 0.3) is 11.3 Å². The molecule has 7 nitrogen and oxygen atoms in total. The molecule has 0 amide bonds. The zero-order valence-electron chi connectivity index (χ0n) is 19.7. The second-order valence-electron chi connectivity index (χ2n) is 9.45. The van der Waals surface area contributed by atoms with E-state index in [-0.39, 0.29) is 36.7 Å². The lowest BCUT2D eigenvalue weighted by Gasteiger charge is -2.35. The lowest BCUT2D eigenvalue weighted by molar-refractivity contribution is -0.172. The summed E-state index contributed by atoms with van der Waals surface area (Å²) in [6.07, 6.45) is -16.7. The van der Waals surface area contributed by atoms with Crippen LogP contribution >= 0.6 is 0 Å². The molecule has 1 aromatic heterocycles. The molecule has 212 valence electrons. The molecular formula is C22H23F9N4O3. The van der Waals surface area contributed by atoms with Gasteiger partial charge in [-0.1, -0.05) is 6.08 Å². The molecule has 38 heavy (non-hydrogen) atoms. The molecule has 2 heterocycles. The molecule has 1 saturated heterocycles. The predicted molar refractivity (Wildman–Crippen MR) is 115 cm³/mol. The number of nitrogens with one attached hydrogen (secondary N) is 1. The van der Waals surface area contributed by atoms with E-state index in [2.05, 4.69) is 0 Å². The number of H-pyrrole nitrogens is 1. The summed E-state index contributed by atoms with van der Waals surface area (Å²) in [4.78, 5) is 28.3. The maximum atomic E-state index is 15.8. The Balaban J connectivity index is 1.80. The first-order valence-electron chi connectivity index (χ1n) is 11.5. The van der Waals surface area contributed by atoms with E-state index in [1.807, 2.05) is 4.98 Å². The summed E-state index contributed by atoms with van der Waals surface area (Å²) in [7, 11) is 1.08. The van der Waals surface area contributed by atoms with Gasteiger partial charge in [-0.2, -0.15) is 26.3 Å². The molecule has 4 atom stereocenters. The smallest absolute Gasteiger partial charge is 0.421 e. The van der Waals surface area contributed by atoms with Crippen LogP contribution in [-0.2, 0) is 4.74 Å². The second kappa shape index (κ2) is 9.77. The molecule has 1 aromatic rings. The minimum Gasteiger partial charge on any atom is -0.497 e. The van der Waals surface area contributed by atoms with Gasteiger partial charge in [0.25, 0.3) is 12.0 Å². The molecule has 2 aliphatic carbocycles. The van der Waals surface area contributed by atoms with Gasteiger partial charge in [0.1, 0.15) is 17.4 Å². The molecule has 1 saturated carbocycles. The molecule has 0 spiro atoms.